The summed E-state index contributed by atoms with van der Waals surface area (Å²) < 4.78 is 0. The Morgan fingerprint density at radius 2 is 1.72 bits per heavy atom. The second kappa shape index (κ2) is 7.99. The summed E-state index contributed by atoms with van der Waals surface area (Å²) in [6.45, 7) is 2.20. The summed E-state index contributed by atoms with van der Waals surface area (Å²) >= 11 is 6.07. The summed E-state index contributed by atoms with van der Waals surface area (Å²) in [5.74, 6) is -0.893. The third kappa shape index (κ3) is 3.79. The molecule has 4 rings (SSSR count). The van der Waals surface area contributed by atoms with Crippen molar-refractivity contribution in [3.63, 3.8) is 0 Å². The lowest BCUT2D eigenvalue weighted by atomic mass is 9.78. The van der Waals surface area contributed by atoms with Gasteiger partial charge in [0.15, 0.2) is 0 Å². The second-order valence-corrected chi connectivity index (χ2v) is 8.30. The van der Waals surface area contributed by atoms with Crippen LogP contribution in [0, 0.1) is 18.8 Å². The predicted octanol–water partition coefficient (Wildman–Crippen LogP) is 4.69. The van der Waals surface area contributed by atoms with E-state index in [0.29, 0.717) is 21.8 Å². The molecule has 2 unspecified atom stereocenters. The van der Waals surface area contributed by atoms with Crippen molar-refractivity contribution in [1.82, 2.24) is 4.90 Å². The van der Waals surface area contributed by atoms with Crippen LogP contribution < -0.4 is 5.32 Å². The van der Waals surface area contributed by atoms with Crippen LogP contribution in [0.3, 0.4) is 0 Å². The van der Waals surface area contributed by atoms with Crippen molar-refractivity contribution in [3.8, 4) is 0 Å². The maximum absolute atomic E-state index is 13.1. The Morgan fingerprint density at radius 1 is 1.07 bits per heavy atom. The molecule has 1 heterocycles. The molecule has 2 aromatic rings. The lowest BCUT2D eigenvalue weighted by Crippen LogP contribution is -2.41. The number of fused-ring (bicyclic) bond motifs is 1. The van der Waals surface area contributed by atoms with Crippen LogP contribution in [0.1, 0.15) is 52.0 Å². The lowest BCUT2D eigenvalue weighted by molar-refractivity contribution is -0.122. The van der Waals surface area contributed by atoms with Gasteiger partial charge >= 0.3 is 0 Å². The number of aryl methyl sites for hydroxylation is 1. The highest BCUT2D eigenvalue weighted by Gasteiger charge is 2.40. The van der Waals surface area contributed by atoms with Crippen molar-refractivity contribution >= 4 is 35.0 Å². The van der Waals surface area contributed by atoms with E-state index in [1.54, 1.807) is 36.4 Å². The number of benzene rings is 2. The fraction of sp³-hybridized carbons (Fsp3) is 0.348. The van der Waals surface area contributed by atoms with Crippen molar-refractivity contribution in [2.24, 2.45) is 11.8 Å². The Morgan fingerprint density at radius 3 is 2.41 bits per heavy atom. The highest BCUT2D eigenvalue weighted by Crippen LogP contribution is 2.34. The first kappa shape index (κ1) is 19.6. The topological polar surface area (TPSA) is 66.5 Å². The van der Waals surface area contributed by atoms with Crippen LogP contribution in [-0.2, 0) is 4.79 Å². The van der Waals surface area contributed by atoms with Crippen molar-refractivity contribution in [3.05, 3.63) is 64.2 Å². The van der Waals surface area contributed by atoms with Gasteiger partial charge in [0.05, 0.1) is 11.1 Å². The van der Waals surface area contributed by atoms with Crippen LogP contribution in [0.5, 0.6) is 0 Å². The van der Waals surface area contributed by atoms with E-state index in [0.717, 1.165) is 31.2 Å². The molecule has 3 amide bonds. The zero-order valence-electron chi connectivity index (χ0n) is 16.3. The number of rotatable bonds is 4. The van der Waals surface area contributed by atoms with Gasteiger partial charge in [0.2, 0.25) is 5.91 Å². The maximum atomic E-state index is 13.1. The number of carbonyl (C=O) groups is 3. The van der Waals surface area contributed by atoms with Crippen molar-refractivity contribution in [2.45, 2.75) is 32.6 Å². The minimum Gasteiger partial charge on any atom is -0.326 e. The molecule has 6 heteroatoms. The number of hydrogen-bond donors (Lipinski definition) is 1. The predicted molar refractivity (Wildman–Crippen MR) is 112 cm³/mol. The number of anilines is 1. The molecule has 2 aliphatic rings. The standard InChI is InChI=1S/C23H23ClN2O3/c1-14-10-11-16(24)12-20(14)25-21(27)17-7-3-2-6-15(17)13-26-22(28)18-8-4-5-9-19(18)23(26)29/h4-5,8-12,15,17H,2-3,6-7,13H2,1H3,(H,25,27). The smallest absolute Gasteiger partial charge is 0.261 e. The first-order valence-electron chi connectivity index (χ1n) is 9.98. The van der Waals surface area contributed by atoms with E-state index in [2.05, 4.69) is 5.32 Å². The molecule has 0 aromatic heterocycles. The molecule has 29 heavy (non-hydrogen) atoms. The molecule has 1 fully saturated rings. The van der Waals surface area contributed by atoms with Gasteiger partial charge in [0, 0.05) is 23.2 Å². The molecule has 1 saturated carbocycles. The third-order valence-corrected chi connectivity index (χ3v) is 6.23. The van der Waals surface area contributed by atoms with Gasteiger partial charge in [0.25, 0.3) is 11.8 Å². The van der Waals surface area contributed by atoms with Crippen LogP contribution in [0.15, 0.2) is 42.5 Å². The van der Waals surface area contributed by atoms with Crippen molar-refractivity contribution in [1.29, 1.82) is 0 Å². The minimum absolute atomic E-state index is 0.0505. The molecule has 1 aliphatic heterocycles. The van der Waals surface area contributed by atoms with E-state index in [1.165, 1.54) is 4.90 Å². The zero-order chi connectivity index (χ0) is 20.5. The van der Waals surface area contributed by atoms with Gasteiger partial charge in [0.1, 0.15) is 0 Å². The molecule has 1 aliphatic carbocycles. The largest absolute Gasteiger partial charge is 0.326 e. The maximum Gasteiger partial charge on any atom is 0.261 e. The quantitative estimate of drug-likeness (QED) is 0.743. The third-order valence-electron chi connectivity index (χ3n) is 6.00. The molecule has 0 spiro atoms. The summed E-state index contributed by atoms with van der Waals surface area (Å²) in [7, 11) is 0. The summed E-state index contributed by atoms with van der Waals surface area (Å²) in [5, 5.41) is 3.57. The van der Waals surface area contributed by atoms with Gasteiger partial charge in [-0.25, -0.2) is 0 Å². The monoisotopic (exact) mass is 410 g/mol. The fourth-order valence-corrected chi connectivity index (χ4v) is 4.54. The Hall–Kier alpha value is -2.66. The van der Waals surface area contributed by atoms with E-state index >= 15 is 0 Å². The van der Waals surface area contributed by atoms with Gasteiger partial charge in [-0.15, -0.1) is 0 Å². The van der Waals surface area contributed by atoms with E-state index in [9.17, 15) is 14.4 Å². The first-order valence-corrected chi connectivity index (χ1v) is 10.4. The molecule has 2 atom stereocenters. The molecular formula is C23H23ClN2O3. The molecule has 1 N–H and O–H groups in total. The Labute approximate surface area is 175 Å². The summed E-state index contributed by atoms with van der Waals surface area (Å²) in [4.78, 5) is 39.8. The molecule has 5 nitrogen and oxygen atoms in total. The van der Waals surface area contributed by atoms with Crippen LogP contribution in [0.25, 0.3) is 0 Å². The van der Waals surface area contributed by atoms with Gasteiger partial charge in [-0.1, -0.05) is 42.6 Å². The normalized spacial score (nSPS) is 21.2. The molecule has 0 bridgehead atoms. The van der Waals surface area contributed by atoms with E-state index in [-0.39, 0.29) is 36.1 Å². The Balaban J connectivity index is 1.51. The SMILES string of the molecule is Cc1ccc(Cl)cc1NC(=O)C1CCCCC1CN1C(=O)c2ccccc2C1=O. The summed E-state index contributed by atoms with van der Waals surface area (Å²) in [6.07, 6.45) is 3.53. The number of nitrogens with one attached hydrogen (secondary N) is 1. The average molecular weight is 411 g/mol. The highest BCUT2D eigenvalue weighted by molar-refractivity contribution is 6.31. The number of carbonyl (C=O) groups excluding carboxylic acids is 3. The Bertz CT molecular complexity index is 953. The van der Waals surface area contributed by atoms with Crippen LogP contribution in [0.4, 0.5) is 5.69 Å². The lowest BCUT2D eigenvalue weighted by Gasteiger charge is -2.33. The minimum atomic E-state index is -0.263. The van der Waals surface area contributed by atoms with Crippen molar-refractivity contribution in [2.75, 3.05) is 11.9 Å². The van der Waals surface area contributed by atoms with E-state index < -0.39 is 0 Å². The van der Waals surface area contributed by atoms with E-state index in [4.69, 9.17) is 11.6 Å². The summed E-state index contributed by atoms with van der Waals surface area (Å²) in [5.41, 5.74) is 2.54. The number of hydrogen-bond acceptors (Lipinski definition) is 3. The number of halogens is 1. The van der Waals surface area contributed by atoms with Gasteiger partial charge in [-0.3, -0.25) is 19.3 Å². The van der Waals surface area contributed by atoms with Crippen LogP contribution in [-0.4, -0.2) is 29.2 Å². The van der Waals surface area contributed by atoms with Crippen LogP contribution in [0.2, 0.25) is 5.02 Å². The molecule has 0 radical (unpaired) electrons. The van der Waals surface area contributed by atoms with Crippen molar-refractivity contribution < 1.29 is 14.4 Å². The Kier molecular flexibility index (Phi) is 5.41. The van der Waals surface area contributed by atoms with E-state index in [1.807, 2.05) is 13.0 Å². The number of nitrogens with zero attached hydrogens (tertiary/aromatic N) is 1. The molecular weight excluding hydrogens is 388 g/mol. The summed E-state index contributed by atoms with van der Waals surface area (Å²) in [6, 6.07) is 12.3. The molecule has 2 aromatic carbocycles. The van der Waals surface area contributed by atoms with Gasteiger partial charge in [-0.05, 0) is 55.5 Å². The number of imide groups is 1. The first-order chi connectivity index (χ1) is 14.0. The van der Waals surface area contributed by atoms with Gasteiger partial charge < -0.3 is 5.32 Å². The average Bonchev–Trinajstić information content (AvgIpc) is 2.96. The second-order valence-electron chi connectivity index (χ2n) is 7.87. The highest BCUT2D eigenvalue weighted by atomic mass is 35.5. The van der Waals surface area contributed by atoms with Crippen LogP contribution >= 0.6 is 11.6 Å². The molecule has 150 valence electrons. The van der Waals surface area contributed by atoms with Gasteiger partial charge in [-0.2, -0.15) is 0 Å². The zero-order valence-corrected chi connectivity index (χ0v) is 17.0. The number of amides is 3. The molecule has 0 saturated heterocycles. The fourth-order valence-electron chi connectivity index (χ4n) is 4.37.